The molecule has 3 aromatic carbocycles. The Balaban J connectivity index is 1.63. The number of esters is 1. The number of rotatable bonds is 2. The first-order valence-electron chi connectivity index (χ1n) is 9.75. The van der Waals surface area contributed by atoms with Crippen molar-refractivity contribution in [1.82, 2.24) is 0 Å². The van der Waals surface area contributed by atoms with E-state index in [0.717, 1.165) is 33.1 Å². The highest BCUT2D eigenvalue weighted by Crippen LogP contribution is 2.46. The zero-order chi connectivity index (χ0) is 20.4. The maximum absolute atomic E-state index is 14.1. The lowest BCUT2D eigenvalue weighted by atomic mass is 9.95. The second kappa shape index (κ2) is 6.24. The molecular weight excluding hydrogens is 385 g/mol. The van der Waals surface area contributed by atoms with Crippen molar-refractivity contribution in [3.8, 4) is 22.8 Å². The van der Waals surface area contributed by atoms with Crippen LogP contribution in [0.3, 0.4) is 0 Å². The van der Waals surface area contributed by atoms with Crippen LogP contribution in [-0.2, 0) is 16.5 Å². The molecule has 0 aliphatic carbocycles. The lowest BCUT2D eigenvalue weighted by molar-refractivity contribution is -0.632. The van der Waals surface area contributed by atoms with Gasteiger partial charge in [-0.05, 0) is 36.4 Å². The van der Waals surface area contributed by atoms with Gasteiger partial charge < -0.3 is 14.2 Å². The smallest absolute Gasteiger partial charge is 0.338 e. The average molecular weight is 402 g/mol. The van der Waals surface area contributed by atoms with Crippen molar-refractivity contribution in [1.29, 1.82) is 0 Å². The zero-order valence-electron chi connectivity index (χ0n) is 16.1. The third-order valence-corrected chi connectivity index (χ3v) is 5.78. The standard InChI is InChI=1S/C24H17FNO4/c1-26-19-9-13(24(27)29-15-11-28-12-15)5-7-16(19)17-3-2-4-21-22(17)23(26)18-10-14(25)6-8-20(18)30-21/h2-10,15H,11-12H2,1H3/q+1. The normalized spacial score (nSPS) is 14.9. The number of ether oxygens (including phenoxy) is 3. The summed E-state index contributed by atoms with van der Waals surface area (Å²) in [6.45, 7) is 0.875. The maximum Gasteiger partial charge on any atom is 0.338 e. The van der Waals surface area contributed by atoms with E-state index in [0.29, 0.717) is 30.1 Å². The predicted octanol–water partition coefficient (Wildman–Crippen LogP) is 4.28. The summed E-state index contributed by atoms with van der Waals surface area (Å²) in [5.74, 6) is 0.631. The molecule has 0 N–H and O–H groups in total. The highest BCUT2D eigenvalue weighted by Gasteiger charge is 2.31. The van der Waals surface area contributed by atoms with Gasteiger partial charge in [0.2, 0.25) is 11.2 Å². The zero-order valence-corrected chi connectivity index (χ0v) is 16.1. The van der Waals surface area contributed by atoms with Gasteiger partial charge >= 0.3 is 5.97 Å². The lowest BCUT2D eigenvalue weighted by Gasteiger charge is -2.25. The summed E-state index contributed by atoms with van der Waals surface area (Å²) in [7, 11) is 1.92. The monoisotopic (exact) mass is 402 g/mol. The Hall–Kier alpha value is -3.51. The molecule has 30 heavy (non-hydrogen) atoms. The van der Waals surface area contributed by atoms with Crippen molar-refractivity contribution in [2.24, 2.45) is 7.05 Å². The molecular formula is C24H17FNO4+. The number of halogens is 1. The van der Waals surface area contributed by atoms with E-state index in [1.165, 1.54) is 12.1 Å². The SMILES string of the molecule is C[n+]1c2c3c(cccc3c3ccc(C(=O)OC4COC4)cc31)Oc1ccc(F)cc1-2. The van der Waals surface area contributed by atoms with E-state index < -0.39 is 0 Å². The van der Waals surface area contributed by atoms with E-state index in [2.05, 4.69) is 0 Å². The molecule has 0 spiro atoms. The van der Waals surface area contributed by atoms with E-state index in [4.69, 9.17) is 14.2 Å². The largest absolute Gasteiger partial charge is 0.456 e. The molecule has 0 unspecified atom stereocenters. The highest BCUT2D eigenvalue weighted by atomic mass is 19.1. The first-order valence-corrected chi connectivity index (χ1v) is 9.75. The average Bonchev–Trinajstić information content (AvgIpc) is 2.73. The van der Waals surface area contributed by atoms with Crippen LogP contribution in [-0.4, -0.2) is 25.3 Å². The van der Waals surface area contributed by atoms with Gasteiger partial charge in [0.05, 0.1) is 35.1 Å². The van der Waals surface area contributed by atoms with Crippen LogP contribution in [0.5, 0.6) is 11.5 Å². The highest BCUT2D eigenvalue weighted by molar-refractivity contribution is 6.13. The van der Waals surface area contributed by atoms with Crippen LogP contribution in [0.1, 0.15) is 10.4 Å². The number of fused-ring (bicyclic) bond motifs is 4. The van der Waals surface area contributed by atoms with Crippen LogP contribution in [0.2, 0.25) is 0 Å². The van der Waals surface area contributed by atoms with Crippen LogP contribution in [0.15, 0.2) is 54.6 Å². The van der Waals surface area contributed by atoms with Crippen LogP contribution in [0.4, 0.5) is 4.39 Å². The first-order chi connectivity index (χ1) is 14.6. The summed E-state index contributed by atoms with van der Waals surface area (Å²) in [4.78, 5) is 12.6. The minimum absolute atomic E-state index is 0.186. The van der Waals surface area contributed by atoms with Gasteiger partial charge in [-0.2, -0.15) is 4.57 Å². The van der Waals surface area contributed by atoms with Crippen LogP contribution >= 0.6 is 0 Å². The molecule has 0 radical (unpaired) electrons. The molecule has 0 bridgehead atoms. The van der Waals surface area contributed by atoms with Crippen LogP contribution in [0, 0.1) is 5.82 Å². The van der Waals surface area contributed by atoms with Crippen molar-refractivity contribution in [2.45, 2.75) is 6.10 Å². The number of carbonyl (C=O) groups excluding carboxylic acids is 1. The maximum atomic E-state index is 14.1. The van der Waals surface area contributed by atoms with Gasteiger partial charge in [0, 0.05) is 11.5 Å². The van der Waals surface area contributed by atoms with Crippen molar-refractivity contribution in [2.75, 3.05) is 13.2 Å². The van der Waals surface area contributed by atoms with Gasteiger partial charge in [0.1, 0.15) is 30.5 Å². The first kappa shape index (κ1) is 17.4. The molecule has 1 fully saturated rings. The summed E-state index contributed by atoms with van der Waals surface area (Å²) >= 11 is 0. The summed E-state index contributed by atoms with van der Waals surface area (Å²) in [5, 5.41) is 2.88. The Labute approximate surface area is 171 Å². The minimum atomic E-state index is -0.373. The van der Waals surface area contributed by atoms with Gasteiger partial charge in [-0.15, -0.1) is 0 Å². The fourth-order valence-electron chi connectivity index (χ4n) is 4.25. The van der Waals surface area contributed by atoms with E-state index in [1.54, 1.807) is 12.1 Å². The molecule has 6 heteroatoms. The van der Waals surface area contributed by atoms with Gasteiger partial charge in [-0.25, -0.2) is 9.18 Å². The van der Waals surface area contributed by atoms with Gasteiger partial charge in [0.25, 0.3) is 0 Å². The molecule has 1 aromatic heterocycles. The van der Waals surface area contributed by atoms with E-state index in [-0.39, 0.29) is 17.9 Å². The molecule has 2 aliphatic heterocycles. The number of nitrogens with zero attached hydrogens (tertiary/aromatic N) is 1. The second-order valence-corrected chi connectivity index (χ2v) is 7.63. The van der Waals surface area contributed by atoms with Gasteiger partial charge in [0.15, 0.2) is 0 Å². The Morgan fingerprint density at radius 3 is 2.73 bits per heavy atom. The fraction of sp³-hybridized carbons (Fsp3) is 0.167. The van der Waals surface area contributed by atoms with E-state index >= 15 is 0 Å². The molecule has 0 amide bonds. The molecule has 5 nitrogen and oxygen atoms in total. The number of hydrogen-bond acceptors (Lipinski definition) is 4. The third-order valence-electron chi connectivity index (χ3n) is 5.78. The summed E-state index contributed by atoms with van der Waals surface area (Å²) in [6, 6.07) is 15.9. The predicted molar refractivity (Wildman–Crippen MR) is 108 cm³/mol. The topological polar surface area (TPSA) is 48.6 Å². The Bertz CT molecular complexity index is 1380. The summed E-state index contributed by atoms with van der Waals surface area (Å²) < 4.78 is 32.7. The van der Waals surface area contributed by atoms with Gasteiger partial charge in [-0.3, -0.25) is 0 Å². The summed E-state index contributed by atoms with van der Waals surface area (Å²) in [6.07, 6.45) is -0.186. The van der Waals surface area contributed by atoms with Crippen molar-refractivity contribution in [3.63, 3.8) is 0 Å². The van der Waals surface area contributed by atoms with E-state index in [1.807, 2.05) is 41.9 Å². The Morgan fingerprint density at radius 1 is 1.07 bits per heavy atom. The van der Waals surface area contributed by atoms with Crippen LogP contribution in [0.25, 0.3) is 32.9 Å². The number of pyridine rings is 1. The quantitative estimate of drug-likeness (QED) is 0.251. The number of aromatic nitrogens is 1. The third kappa shape index (κ3) is 2.44. The number of benzene rings is 3. The summed E-state index contributed by atoms with van der Waals surface area (Å²) in [5.41, 5.74) is 2.86. The molecule has 4 aromatic rings. The molecule has 1 saturated heterocycles. The molecule has 3 heterocycles. The molecule has 148 valence electrons. The number of carbonyl (C=O) groups is 1. The minimum Gasteiger partial charge on any atom is -0.456 e. The van der Waals surface area contributed by atoms with Crippen molar-refractivity contribution >= 4 is 27.6 Å². The fourth-order valence-corrected chi connectivity index (χ4v) is 4.25. The molecule has 6 rings (SSSR count). The Kier molecular flexibility index (Phi) is 3.61. The van der Waals surface area contributed by atoms with E-state index in [9.17, 15) is 9.18 Å². The molecule has 0 atom stereocenters. The van der Waals surface area contributed by atoms with Crippen molar-refractivity contribution in [3.05, 3.63) is 66.0 Å². The molecule has 0 saturated carbocycles. The van der Waals surface area contributed by atoms with Crippen molar-refractivity contribution < 1.29 is 28.0 Å². The number of hydrogen-bond donors (Lipinski definition) is 0. The van der Waals surface area contributed by atoms with Gasteiger partial charge in [-0.1, -0.05) is 12.1 Å². The Morgan fingerprint density at radius 2 is 1.93 bits per heavy atom. The van der Waals surface area contributed by atoms with Crippen LogP contribution < -0.4 is 9.30 Å². The lowest BCUT2D eigenvalue weighted by Crippen LogP contribution is -2.38. The molecule has 2 aliphatic rings. The number of aryl methyl sites for hydroxylation is 1. The second-order valence-electron chi connectivity index (χ2n) is 7.63.